The molecule has 0 aromatic heterocycles. The van der Waals surface area contributed by atoms with Crippen LogP contribution < -0.4 is 5.32 Å². The highest BCUT2D eigenvalue weighted by Gasteiger charge is 2.47. The number of rotatable bonds is 4. The monoisotopic (exact) mass is 293 g/mol. The van der Waals surface area contributed by atoms with Gasteiger partial charge in [0.15, 0.2) is 0 Å². The zero-order chi connectivity index (χ0) is 15.3. The van der Waals surface area contributed by atoms with Crippen molar-refractivity contribution in [3.8, 4) is 0 Å². The predicted molar refractivity (Wildman–Crippen MR) is 74.4 cm³/mol. The van der Waals surface area contributed by atoms with Crippen molar-refractivity contribution in [1.82, 2.24) is 5.32 Å². The lowest BCUT2D eigenvalue weighted by atomic mass is 9.98. The second kappa shape index (κ2) is 6.58. The zero-order valence-corrected chi connectivity index (χ0v) is 11.9. The first-order chi connectivity index (χ1) is 10.1. The lowest BCUT2D eigenvalue weighted by molar-refractivity contribution is -0.148. The first kappa shape index (κ1) is 15.3. The Morgan fingerprint density at radius 2 is 2.10 bits per heavy atom. The number of carbonyl (C=O) groups is 2. The molecule has 0 spiro atoms. The molecule has 2 rings (SSSR count). The van der Waals surface area contributed by atoms with E-state index < -0.39 is 23.7 Å². The highest BCUT2D eigenvalue weighted by atomic mass is 16.6. The van der Waals surface area contributed by atoms with E-state index in [2.05, 4.69) is 5.32 Å². The van der Waals surface area contributed by atoms with Gasteiger partial charge in [0.05, 0.1) is 13.2 Å². The van der Waals surface area contributed by atoms with E-state index in [9.17, 15) is 14.7 Å². The molecule has 1 saturated carbocycles. The Hall–Kier alpha value is -2.08. The van der Waals surface area contributed by atoms with Crippen molar-refractivity contribution in [3.63, 3.8) is 0 Å². The molecule has 0 heterocycles. The molecule has 114 valence electrons. The Balaban J connectivity index is 1.94. The Labute approximate surface area is 123 Å². The Morgan fingerprint density at radius 1 is 1.38 bits per heavy atom. The molecule has 0 aliphatic heterocycles. The van der Waals surface area contributed by atoms with Crippen LogP contribution in [0, 0.1) is 0 Å². The lowest BCUT2D eigenvalue weighted by Crippen LogP contribution is -2.53. The summed E-state index contributed by atoms with van der Waals surface area (Å²) in [5, 5.41) is 12.2. The van der Waals surface area contributed by atoms with Gasteiger partial charge in [-0.15, -0.1) is 0 Å². The minimum Gasteiger partial charge on any atom is -0.467 e. The van der Waals surface area contributed by atoms with Gasteiger partial charge in [-0.2, -0.15) is 0 Å². The van der Waals surface area contributed by atoms with Crippen molar-refractivity contribution in [2.24, 2.45) is 0 Å². The molecule has 1 amide bonds. The average molecular weight is 293 g/mol. The fourth-order valence-corrected chi connectivity index (χ4v) is 2.52. The van der Waals surface area contributed by atoms with Gasteiger partial charge in [0.1, 0.15) is 12.1 Å². The van der Waals surface area contributed by atoms with Crippen LogP contribution in [-0.2, 0) is 20.9 Å². The summed E-state index contributed by atoms with van der Waals surface area (Å²) in [5.41, 5.74) is -0.340. The van der Waals surface area contributed by atoms with Gasteiger partial charge in [-0.3, -0.25) is 0 Å². The topological polar surface area (TPSA) is 84.9 Å². The molecule has 1 fully saturated rings. The average Bonchev–Trinajstić information content (AvgIpc) is 2.87. The van der Waals surface area contributed by atoms with Crippen molar-refractivity contribution < 1.29 is 24.2 Å². The van der Waals surface area contributed by atoms with E-state index in [1.165, 1.54) is 7.11 Å². The molecule has 1 aliphatic rings. The lowest BCUT2D eigenvalue weighted by Gasteiger charge is -2.26. The van der Waals surface area contributed by atoms with Crippen molar-refractivity contribution in [2.75, 3.05) is 7.11 Å². The number of alkyl carbamates (subject to hydrolysis) is 1. The van der Waals surface area contributed by atoms with Gasteiger partial charge in [-0.05, 0) is 18.4 Å². The number of methoxy groups -OCH3 is 1. The maximum Gasteiger partial charge on any atom is 0.408 e. The van der Waals surface area contributed by atoms with Crippen LogP contribution in [0.1, 0.15) is 24.8 Å². The van der Waals surface area contributed by atoms with Gasteiger partial charge >= 0.3 is 12.1 Å². The summed E-state index contributed by atoms with van der Waals surface area (Å²) in [6.45, 7) is 0.118. The second-order valence-electron chi connectivity index (χ2n) is 5.16. The Bertz CT molecular complexity index is 504. The molecule has 1 aliphatic carbocycles. The van der Waals surface area contributed by atoms with Crippen LogP contribution in [0.4, 0.5) is 4.79 Å². The summed E-state index contributed by atoms with van der Waals surface area (Å²) >= 11 is 0. The van der Waals surface area contributed by atoms with Gasteiger partial charge in [0, 0.05) is 6.42 Å². The van der Waals surface area contributed by atoms with E-state index in [0.717, 1.165) is 5.56 Å². The van der Waals surface area contributed by atoms with Crippen LogP contribution in [0.2, 0.25) is 0 Å². The van der Waals surface area contributed by atoms with Crippen LogP contribution in [0.25, 0.3) is 0 Å². The number of hydrogen-bond donors (Lipinski definition) is 2. The Kier molecular flexibility index (Phi) is 4.80. The van der Waals surface area contributed by atoms with Crippen molar-refractivity contribution >= 4 is 12.1 Å². The largest absolute Gasteiger partial charge is 0.467 e. The highest BCUT2D eigenvalue weighted by molar-refractivity contribution is 5.86. The second-order valence-corrected chi connectivity index (χ2v) is 5.16. The summed E-state index contributed by atoms with van der Waals surface area (Å²) < 4.78 is 9.83. The third-order valence-corrected chi connectivity index (χ3v) is 3.62. The summed E-state index contributed by atoms with van der Waals surface area (Å²) in [6.07, 6.45) is -0.410. The van der Waals surface area contributed by atoms with Gasteiger partial charge in [0.25, 0.3) is 0 Å². The minimum atomic E-state index is -1.19. The summed E-state index contributed by atoms with van der Waals surface area (Å²) in [4.78, 5) is 23.8. The molecule has 1 aromatic carbocycles. The number of hydrogen-bond acceptors (Lipinski definition) is 5. The van der Waals surface area contributed by atoms with Crippen LogP contribution in [0.5, 0.6) is 0 Å². The number of ether oxygens (including phenoxy) is 2. The quantitative estimate of drug-likeness (QED) is 0.819. The van der Waals surface area contributed by atoms with Gasteiger partial charge in [0.2, 0.25) is 0 Å². The number of amides is 1. The summed E-state index contributed by atoms with van der Waals surface area (Å²) in [7, 11) is 1.26. The first-order valence-electron chi connectivity index (χ1n) is 6.81. The number of nitrogens with one attached hydrogen (secondary N) is 1. The molecule has 2 unspecified atom stereocenters. The molecule has 2 atom stereocenters. The van der Waals surface area contributed by atoms with Gasteiger partial charge < -0.3 is 19.9 Å². The third-order valence-electron chi connectivity index (χ3n) is 3.62. The normalized spacial score (nSPS) is 24.4. The molecular formula is C15H19NO5. The highest BCUT2D eigenvalue weighted by Crippen LogP contribution is 2.31. The van der Waals surface area contributed by atoms with Crippen LogP contribution in [0.3, 0.4) is 0 Å². The number of esters is 1. The van der Waals surface area contributed by atoms with E-state index >= 15 is 0 Å². The summed E-state index contributed by atoms with van der Waals surface area (Å²) in [6, 6.07) is 9.24. The molecule has 6 heteroatoms. The molecule has 0 saturated heterocycles. The molecule has 2 N–H and O–H groups in total. The fourth-order valence-electron chi connectivity index (χ4n) is 2.52. The Morgan fingerprint density at radius 3 is 2.67 bits per heavy atom. The first-order valence-corrected chi connectivity index (χ1v) is 6.81. The van der Waals surface area contributed by atoms with Crippen molar-refractivity contribution in [3.05, 3.63) is 35.9 Å². The smallest absolute Gasteiger partial charge is 0.408 e. The van der Waals surface area contributed by atoms with Crippen LogP contribution >= 0.6 is 0 Å². The summed E-state index contributed by atoms with van der Waals surface area (Å²) in [5.74, 6) is -0.560. The molecule has 1 aromatic rings. The van der Waals surface area contributed by atoms with E-state index in [4.69, 9.17) is 9.47 Å². The fraction of sp³-hybridized carbons (Fsp3) is 0.467. The maximum absolute atomic E-state index is 11.9. The van der Waals surface area contributed by atoms with E-state index in [-0.39, 0.29) is 13.0 Å². The molecule has 6 nitrogen and oxygen atoms in total. The number of aliphatic hydroxyl groups is 1. The SMILES string of the molecule is COC(=O)C1(NC(=O)OCc2ccccc2)CCC(O)C1. The van der Waals surface area contributed by atoms with Crippen molar-refractivity contribution in [2.45, 2.75) is 37.5 Å². The van der Waals surface area contributed by atoms with Crippen molar-refractivity contribution in [1.29, 1.82) is 0 Å². The van der Waals surface area contributed by atoms with Crippen LogP contribution in [-0.4, -0.2) is 35.9 Å². The number of carbonyl (C=O) groups excluding carboxylic acids is 2. The standard InChI is InChI=1S/C15H19NO5/c1-20-13(18)15(8-7-12(17)9-15)16-14(19)21-10-11-5-3-2-4-6-11/h2-6,12,17H,7-10H2,1H3,(H,16,19). The van der Waals surface area contributed by atoms with Crippen LogP contribution in [0.15, 0.2) is 30.3 Å². The van der Waals surface area contributed by atoms with Gasteiger partial charge in [-0.25, -0.2) is 9.59 Å². The van der Waals surface area contributed by atoms with Gasteiger partial charge in [-0.1, -0.05) is 30.3 Å². The van der Waals surface area contributed by atoms with E-state index in [1.54, 1.807) is 0 Å². The zero-order valence-electron chi connectivity index (χ0n) is 11.9. The molecule has 0 bridgehead atoms. The maximum atomic E-state index is 11.9. The number of aliphatic hydroxyl groups excluding tert-OH is 1. The minimum absolute atomic E-state index is 0.118. The third kappa shape index (κ3) is 3.72. The predicted octanol–water partition coefficient (Wildman–Crippen LogP) is 1.37. The molecule has 0 radical (unpaired) electrons. The van der Waals surface area contributed by atoms with E-state index in [0.29, 0.717) is 12.8 Å². The molecular weight excluding hydrogens is 274 g/mol. The number of benzene rings is 1. The van der Waals surface area contributed by atoms with E-state index in [1.807, 2.05) is 30.3 Å². The molecule has 21 heavy (non-hydrogen) atoms.